The lowest BCUT2D eigenvalue weighted by molar-refractivity contribution is -0.135. The van der Waals surface area contributed by atoms with Crippen molar-refractivity contribution in [2.24, 2.45) is 0 Å². The van der Waals surface area contributed by atoms with Crippen molar-refractivity contribution in [3.63, 3.8) is 0 Å². The monoisotopic (exact) mass is 289 g/mol. The molecule has 0 saturated carbocycles. The minimum absolute atomic E-state index is 0.0343. The third kappa shape index (κ3) is 4.05. The quantitative estimate of drug-likeness (QED) is 0.764. The molecule has 0 aromatic heterocycles. The van der Waals surface area contributed by atoms with E-state index < -0.39 is 6.04 Å². The Kier molecular flexibility index (Phi) is 4.57. The van der Waals surface area contributed by atoms with E-state index in [1.165, 1.54) is 0 Å². The molecule has 0 spiro atoms. The molecule has 3 amide bonds. The van der Waals surface area contributed by atoms with Gasteiger partial charge >= 0.3 is 0 Å². The van der Waals surface area contributed by atoms with Crippen molar-refractivity contribution in [3.8, 4) is 0 Å². The standard InChI is InChI=1S/C15H19N3O3/c1-9(2)10-4-3-5-11(6-10)17-13(19)7-12-15(21)16-8-14(20)18-12/h3-6,9,12H,7-8H2,1-2H3,(H,16,21)(H,17,19)(H,18,20). The summed E-state index contributed by atoms with van der Waals surface area (Å²) in [6.45, 7) is 4.11. The Morgan fingerprint density at radius 2 is 2.14 bits per heavy atom. The van der Waals surface area contributed by atoms with Gasteiger partial charge in [0.05, 0.1) is 13.0 Å². The largest absolute Gasteiger partial charge is 0.345 e. The molecular formula is C15H19N3O3. The van der Waals surface area contributed by atoms with Crippen LogP contribution in [0.15, 0.2) is 24.3 Å². The molecule has 1 fully saturated rings. The highest BCUT2D eigenvalue weighted by Gasteiger charge is 2.27. The van der Waals surface area contributed by atoms with E-state index in [2.05, 4.69) is 29.8 Å². The average Bonchev–Trinajstić information content (AvgIpc) is 2.43. The molecule has 3 N–H and O–H groups in total. The maximum atomic E-state index is 12.0. The molecule has 21 heavy (non-hydrogen) atoms. The molecule has 1 aromatic carbocycles. The number of nitrogens with one attached hydrogen (secondary N) is 3. The Labute approximate surface area is 123 Å². The van der Waals surface area contributed by atoms with E-state index in [4.69, 9.17) is 0 Å². The number of carbonyl (C=O) groups is 3. The van der Waals surface area contributed by atoms with E-state index in [1.54, 1.807) is 6.07 Å². The van der Waals surface area contributed by atoms with Crippen LogP contribution in [0.2, 0.25) is 0 Å². The molecule has 1 aromatic rings. The predicted octanol–water partition coefficient (Wildman–Crippen LogP) is 0.753. The Morgan fingerprint density at radius 1 is 1.38 bits per heavy atom. The van der Waals surface area contributed by atoms with Crippen LogP contribution < -0.4 is 16.0 Å². The lowest BCUT2D eigenvalue weighted by atomic mass is 10.0. The summed E-state index contributed by atoms with van der Waals surface area (Å²) in [6, 6.07) is 6.76. The number of anilines is 1. The van der Waals surface area contributed by atoms with Gasteiger partial charge in [-0.3, -0.25) is 14.4 Å². The van der Waals surface area contributed by atoms with Gasteiger partial charge in [0.25, 0.3) is 0 Å². The Balaban J connectivity index is 1.96. The van der Waals surface area contributed by atoms with E-state index in [9.17, 15) is 14.4 Å². The van der Waals surface area contributed by atoms with Crippen molar-refractivity contribution in [3.05, 3.63) is 29.8 Å². The third-order valence-electron chi connectivity index (χ3n) is 3.30. The van der Waals surface area contributed by atoms with Crippen molar-refractivity contribution in [2.75, 3.05) is 11.9 Å². The topological polar surface area (TPSA) is 87.3 Å². The van der Waals surface area contributed by atoms with Crippen molar-refractivity contribution < 1.29 is 14.4 Å². The number of benzene rings is 1. The number of hydrogen-bond donors (Lipinski definition) is 3. The fourth-order valence-corrected chi connectivity index (χ4v) is 2.12. The maximum Gasteiger partial charge on any atom is 0.243 e. The summed E-state index contributed by atoms with van der Waals surface area (Å²) in [4.78, 5) is 34.8. The van der Waals surface area contributed by atoms with E-state index in [0.717, 1.165) is 5.56 Å². The van der Waals surface area contributed by atoms with Crippen LogP contribution in [0.3, 0.4) is 0 Å². The fraction of sp³-hybridized carbons (Fsp3) is 0.400. The first-order valence-electron chi connectivity index (χ1n) is 6.92. The summed E-state index contributed by atoms with van der Waals surface area (Å²) in [7, 11) is 0. The molecule has 0 radical (unpaired) electrons. The molecule has 6 heteroatoms. The van der Waals surface area contributed by atoms with Crippen LogP contribution in [-0.2, 0) is 14.4 Å². The summed E-state index contributed by atoms with van der Waals surface area (Å²) in [5, 5.41) is 7.69. The average molecular weight is 289 g/mol. The normalized spacial score (nSPS) is 18.1. The second-order valence-corrected chi connectivity index (χ2v) is 5.37. The molecule has 1 unspecified atom stereocenters. The van der Waals surface area contributed by atoms with Crippen molar-refractivity contribution in [1.82, 2.24) is 10.6 Å². The SMILES string of the molecule is CC(C)c1cccc(NC(=O)CC2NC(=O)CNC2=O)c1. The summed E-state index contributed by atoms with van der Waals surface area (Å²) >= 11 is 0. The van der Waals surface area contributed by atoms with Gasteiger partial charge < -0.3 is 16.0 Å². The minimum atomic E-state index is -0.806. The molecule has 1 saturated heterocycles. The third-order valence-corrected chi connectivity index (χ3v) is 3.30. The first-order chi connectivity index (χ1) is 9.95. The van der Waals surface area contributed by atoms with Crippen molar-refractivity contribution >= 4 is 23.4 Å². The van der Waals surface area contributed by atoms with E-state index in [1.807, 2.05) is 18.2 Å². The molecule has 112 valence electrons. The predicted molar refractivity (Wildman–Crippen MR) is 78.7 cm³/mol. The number of piperazine rings is 1. The lowest BCUT2D eigenvalue weighted by Gasteiger charge is -2.22. The van der Waals surface area contributed by atoms with Crippen LogP contribution in [0.4, 0.5) is 5.69 Å². The van der Waals surface area contributed by atoms with Gasteiger partial charge in [0.1, 0.15) is 6.04 Å². The molecule has 0 bridgehead atoms. The van der Waals surface area contributed by atoms with Gasteiger partial charge in [-0.05, 0) is 23.6 Å². The highest BCUT2D eigenvalue weighted by atomic mass is 16.2. The van der Waals surface area contributed by atoms with Gasteiger partial charge in [0.15, 0.2) is 0 Å². The molecule has 6 nitrogen and oxygen atoms in total. The first-order valence-corrected chi connectivity index (χ1v) is 6.92. The highest BCUT2D eigenvalue weighted by molar-refractivity contribution is 6.00. The first kappa shape index (κ1) is 15.0. The van der Waals surface area contributed by atoms with E-state index >= 15 is 0 Å². The van der Waals surface area contributed by atoms with Crippen LogP contribution in [0.1, 0.15) is 31.7 Å². The molecule has 2 rings (SSSR count). The zero-order valence-corrected chi connectivity index (χ0v) is 12.1. The number of hydrogen-bond acceptors (Lipinski definition) is 3. The smallest absolute Gasteiger partial charge is 0.243 e. The number of carbonyl (C=O) groups excluding carboxylic acids is 3. The molecular weight excluding hydrogens is 270 g/mol. The molecule has 0 aliphatic carbocycles. The Morgan fingerprint density at radius 3 is 2.86 bits per heavy atom. The van der Waals surface area contributed by atoms with Crippen LogP contribution >= 0.6 is 0 Å². The minimum Gasteiger partial charge on any atom is -0.345 e. The zero-order valence-electron chi connectivity index (χ0n) is 12.1. The maximum absolute atomic E-state index is 12.0. The second kappa shape index (κ2) is 6.39. The molecule has 1 aliphatic rings. The van der Waals surface area contributed by atoms with Gasteiger partial charge in [0.2, 0.25) is 17.7 Å². The van der Waals surface area contributed by atoms with Gasteiger partial charge in [-0.2, -0.15) is 0 Å². The Hall–Kier alpha value is -2.37. The highest BCUT2D eigenvalue weighted by Crippen LogP contribution is 2.18. The van der Waals surface area contributed by atoms with Crippen LogP contribution in [0.25, 0.3) is 0 Å². The molecule has 1 aliphatic heterocycles. The molecule has 1 heterocycles. The summed E-state index contributed by atoms with van der Waals surface area (Å²) < 4.78 is 0. The Bertz CT molecular complexity index is 569. The zero-order chi connectivity index (χ0) is 15.4. The van der Waals surface area contributed by atoms with Gasteiger partial charge in [-0.25, -0.2) is 0 Å². The van der Waals surface area contributed by atoms with Crippen molar-refractivity contribution in [2.45, 2.75) is 32.2 Å². The second-order valence-electron chi connectivity index (χ2n) is 5.37. The van der Waals surface area contributed by atoms with Gasteiger partial charge in [-0.15, -0.1) is 0 Å². The molecule has 1 atom stereocenters. The van der Waals surface area contributed by atoms with E-state index in [-0.39, 0.29) is 30.7 Å². The number of amides is 3. The fourth-order valence-electron chi connectivity index (χ4n) is 2.12. The van der Waals surface area contributed by atoms with Gasteiger partial charge in [0, 0.05) is 5.69 Å². The summed E-state index contributed by atoms with van der Waals surface area (Å²) in [6.07, 6.45) is -0.0799. The summed E-state index contributed by atoms with van der Waals surface area (Å²) in [5.41, 5.74) is 1.81. The van der Waals surface area contributed by atoms with E-state index in [0.29, 0.717) is 11.6 Å². The van der Waals surface area contributed by atoms with Crippen LogP contribution in [-0.4, -0.2) is 30.3 Å². The lowest BCUT2D eigenvalue weighted by Crippen LogP contribution is -2.57. The number of rotatable bonds is 4. The van der Waals surface area contributed by atoms with Crippen molar-refractivity contribution in [1.29, 1.82) is 0 Å². The van der Waals surface area contributed by atoms with Gasteiger partial charge in [-0.1, -0.05) is 26.0 Å². The van der Waals surface area contributed by atoms with Crippen LogP contribution in [0, 0.1) is 0 Å². The van der Waals surface area contributed by atoms with Crippen LogP contribution in [0.5, 0.6) is 0 Å². The summed E-state index contributed by atoms with van der Waals surface area (Å²) in [5.74, 6) is -0.557.